The van der Waals surface area contributed by atoms with Gasteiger partial charge >= 0.3 is 0 Å². The quantitative estimate of drug-likeness (QED) is 0.100. The minimum absolute atomic E-state index is 0.727. The lowest BCUT2D eigenvalue weighted by atomic mass is 9.76. The van der Waals surface area contributed by atoms with Crippen molar-refractivity contribution in [2.24, 2.45) is 0 Å². The molecule has 15 rings (SSSR count). The molecule has 2 heterocycles. The smallest absolute Gasteiger partial charge is 0.195 e. The van der Waals surface area contributed by atoms with Crippen LogP contribution in [0.4, 0.5) is 0 Å². The van der Waals surface area contributed by atoms with E-state index in [1.807, 2.05) is 0 Å². The topological polar surface area (TPSA) is 18.5 Å². The average molecular weight is 813 g/mol. The predicted molar refractivity (Wildman–Crippen MR) is 269 cm³/mol. The first-order valence-electron chi connectivity index (χ1n) is 22.0. The van der Waals surface area contributed by atoms with E-state index in [1.54, 1.807) is 0 Å². The van der Waals surface area contributed by atoms with Gasteiger partial charge in [0.05, 0.1) is 0 Å². The second-order valence-electron chi connectivity index (χ2n) is 17.0. The first-order valence-corrected chi connectivity index (χ1v) is 22.0. The van der Waals surface area contributed by atoms with Crippen LogP contribution in [0, 0.1) is 0 Å². The molecule has 2 aliphatic rings. The SMILES string of the molecule is c1ccc(-c2c3c4c5c(-c6ccccc6)c6c7ccccc7c7ccccc7c6c(-c6ccccc6)c5c(c3c(-c3ccccc3)c3c5ccccc5c5ccccc5c23)OO4)cc1. The van der Waals surface area contributed by atoms with Crippen molar-refractivity contribution in [1.82, 2.24) is 0 Å². The minimum atomic E-state index is 0.727. The molecule has 0 unspecified atom stereocenters. The maximum absolute atomic E-state index is 6.91. The molecule has 2 bridgehead atoms. The highest BCUT2D eigenvalue weighted by atomic mass is 17.2. The number of fused-ring (bicyclic) bond motifs is 13. The molecule has 13 aromatic carbocycles. The standard InChI is InChI=1S/C62H36O2/c1-5-21-37(22-6-1)49-53-45-33-17-13-29-41(45)42-30-14-18-34-46(42)54(53)50(38-23-7-2-8-24-38)58-57(49)61-59-51(39-25-9-3-10-26-39)55-47-35-19-15-31-43(47)44-32-16-20-36-48(44)56(55)52(40-27-11-4-12-28-40)60(59)62(58)64-63-61/h1-36H. The normalized spacial score (nSPS) is 12.3. The lowest BCUT2D eigenvalue weighted by Crippen LogP contribution is -2.12. The third-order valence-electron chi connectivity index (χ3n) is 13.7. The van der Waals surface area contributed by atoms with E-state index >= 15 is 0 Å². The van der Waals surface area contributed by atoms with Crippen LogP contribution >= 0.6 is 0 Å². The molecule has 0 N–H and O–H groups in total. The zero-order valence-electron chi connectivity index (χ0n) is 34.6. The summed E-state index contributed by atoms with van der Waals surface area (Å²) in [6.07, 6.45) is 0. The van der Waals surface area contributed by atoms with Crippen LogP contribution in [0.1, 0.15) is 0 Å². The fraction of sp³-hybridized carbons (Fsp3) is 0. The zero-order chi connectivity index (χ0) is 41.9. The molecule has 296 valence electrons. The Balaban J connectivity index is 1.39. The predicted octanol–water partition coefficient (Wildman–Crippen LogP) is 17.3. The molecule has 0 atom stereocenters. The molecule has 64 heavy (non-hydrogen) atoms. The second kappa shape index (κ2) is 13.5. The van der Waals surface area contributed by atoms with Gasteiger partial charge in [-0.15, -0.1) is 0 Å². The Morgan fingerprint density at radius 3 is 0.578 bits per heavy atom. The first-order chi connectivity index (χ1) is 31.8. The summed E-state index contributed by atoms with van der Waals surface area (Å²) in [4.78, 5) is 13.8. The molecule has 0 saturated carbocycles. The summed E-state index contributed by atoms with van der Waals surface area (Å²) in [5.74, 6) is 1.45. The number of benzene rings is 13. The van der Waals surface area contributed by atoms with Crippen LogP contribution in [0.3, 0.4) is 0 Å². The highest BCUT2D eigenvalue weighted by Crippen LogP contribution is 2.63. The summed E-state index contributed by atoms with van der Waals surface area (Å²) in [7, 11) is 0. The van der Waals surface area contributed by atoms with Gasteiger partial charge < -0.3 is 0 Å². The number of rotatable bonds is 4. The van der Waals surface area contributed by atoms with Gasteiger partial charge in [-0.25, -0.2) is 0 Å². The third-order valence-corrected chi connectivity index (χ3v) is 13.7. The van der Waals surface area contributed by atoms with Gasteiger partial charge in [-0.2, -0.15) is 0 Å². The van der Waals surface area contributed by atoms with Crippen molar-refractivity contribution in [3.8, 4) is 56.0 Å². The van der Waals surface area contributed by atoms with E-state index in [9.17, 15) is 0 Å². The third kappa shape index (κ3) is 4.74. The molecule has 2 nitrogen and oxygen atoms in total. The molecule has 2 aliphatic heterocycles. The van der Waals surface area contributed by atoms with Crippen LogP contribution in [-0.4, -0.2) is 0 Å². The first kappa shape index (κ1) is 35.2. The van der Waals surface area contributed by atoms with Crippen molar-refractivity contribution in [3.05, 3.63) is 218 Å². The van der Waals surface area contributed by atoms with Gasteiger partial charge in [0.2, 0.25) is 0 Å². The van der Waals surface area contributed by atoms with E-state index < -0.39 is 0 Å². The van der Waals surface area contributed by atoms with Gasteiger partial charge in [0, 0.05) is 43.8 Å². The van der Waals surface area contributed by atoms with Crippen LogP contribution in [-0.2, 0) is 0 Å². The van der Waals surface area contributed by atoms with Gasteiger partial charge in [0.15, 0.2) is 11.5 Å². The van der Waals surface area contributed by atoms with Crippen LogP contribution in [0.2, 0.25) is 0 Å². The van der Waals surface area contributed by atoms with E-state index in [-0.39, 0.29) is 0 Å². The second-order valence-corrected chi connectivity index (χ2v) is 17.0. The summed E-state index contributed by atoms with van der Waals surface area (Å²) in [6, 6.07) is 79.3. The molecule has 2 heteroatoms. The van der Waals surface area contributed by atoms with Crippen LogP contribution in [0.5, 0.6) is 11.5 Å². The summed E-state index contributed by atoms with van der Waals surface area (Å²) in [5, 5.41) is 18.7. The highest BCUT2D eigenvalue weighted by molar-refractivity contribution is 6.43. The van der Waals surface area contributed by atoms with Crippen LogP contribution < -0.4 is 9.78 Å². The van der Waals surface area contributed by atoms with Gasteiger partial charge in [-0.05, 0) is 86.9 Å². The molecule has 0 radical (unpaired) electrons. The lowest BCUT2D eigenvalue weighted by molar-refractivity contribution is -0.0981. The van der Waals surface area contributed by atoms with E-state index in [2.05, 4.69) is 218 Å². The molecule has 13 aromatic rings. The summed E-state index contributed by atoms with van der Waals surface area (Å²) < 4.78 is 0. The van der Waals surface area contributed by atoms with E-state index in [4.69, 9.17) is 9.78 Å². The number of hydrogen-bond donors (Lipinski definition) is 0. The fourth-order valence-electron chi connectivity index (χ4n) is 11.3. The molecule has 0 fully saturated rings. The monoisotopic (exact) mass is 812 g/mol. The Morgan fingerprint density at radius 1 is 0.172 bits per heavy atom. The van der Waals surface area contributed by atoms with Crippen molar-refractivity contribution in [2.75, 3.05) is 0 Å². The van der Waals surface area contributed by atoms with Crippen LogP contribution in [0.25, 0.3) is 131 Å². The van der Waals surface area contributed by atoms with E-state index in [1.165, 1.54) is 64.6 Å². The maximum atomic E-state index is 6.91. The molecule has 0 aliphatic carbocycles. The number of hydrogen-bond acceptors (Lipinski definition) is 2. The molecule has 0 spiro atoms. The summed E-state index contributed by atoms with van der Waals surface area (Å²) in [5.41, 5.74) is 9.03. The van der Waals surface area contributed by atoms with Gasteiger partial charge in [-0.3, -0.25) is 9.78 Å². The van der Waals surface area contributed by atoms with Crippen molar-refractivity contribution in [3.63, 3.8) is 0 Å². The van der Waals surface area contributed by atoms with E-state index in [0.717, 1.165) is 77.6 Å². The van der Waals surface area contributed by atoms with Crippen molar-refractivity contribution < 1.29 is 9.78 Å². The Morgan fingerprint density at radius 2 is 0.359 bits per heavy atom. The van der Waals surface area contributed by atoms with Gasteiger partial charge in [0.1, 0.15) is 0 Å². The van der Waals surface area contributed by atoms with Crippen molar-refractivity contribution in [2.45, 2.75) is 0 Å². The molecule has 0 aromatic heterocycles. The molecular weight excluding hydrogens is 777 g/mol. The highest BCUT2D eigenvalue weighted by Gasteiger charge is 2.37. The maximum Gasteiger partial charge on any atom is 0.195 e. The van der Waals surface area contributed by atoms with Crippen molar-refractivity contribution in [1.29, 1.82) is 0 Å². The Hall–Kier alpha value is -8.46. The Kier molecular flexibility index (Phi) is 7.43. The van der Waals surface area contributed by atoms with Crippen LogP contribution in [0.15, 0.2) is 218 Å². The molecule has 0 amide bonds. The van der Waals surface area contributed by atoms with Crippen molar-refractivity contribution >= 4 is 86.2 Å². The Labute approximate surface area is 368 Å². The van der Waals surface area contributed by atoms with E-state index in [0.29, 0.717) is 0 Å². The minimum Gasteiger partial charge on any atom is -0.289 e. The molecular formula is C62H36O2. The lowest BCUT2D eigenvalue weighted by Gasteiger charge is -2.31. The average Bonchev–Trinajstić information content (AvgIpc) is 3.38. The largest absolute Gasteiger partial charge is 0.289 e. The fourth-order valence-corrected chi connectivity index (χ4v) is 11.3. The summed E-state index contributed by atoms with van der Waals surface area (Å²) in [6.45, 7) is 0. The summed E-state index contributed by atoms with van der Waals surface area (Å²) >= 11 is 0. The zero-order valence-corrected chi connectivity index (χ0v) is 34.6. The molecule has 0 saturated heterocycles. The van der Waals surface area contributed by atoms with Gasteiger partial charge in [0.25, 0.3) is 0 Å². The Bertz CT molecular complexity index is 3550. The van der Waals surface area contributed by atoms with Gasteiger partial charge in [-0.1, -0.05) is 218 Å².